The van der Waals surface area contributed by atoms with Crippen LogP contribution in [0, 0.1) is 5.41 Å². The largest absolute Gasteiger partial charge is 0.497 e. The van der Waals surface area contributed by atoms with Gasteiger partial charge in [-0.05, 0) is 31.2 Å². The first kappa shape index (κ1) is 20.0. The molecule has 1 aliphatic rings. The molecule has 0 saturated carbocycles. The fraction of sp³-hybridized carbons (Fsp3) is 0.500. The van der Waals surface area contributed by atoms with Crippen molar-refractivity contribution in [2.45, 2.75) is 19.3 Å². The number of likely N-dealkylation sites (tertiary alicyclic amines) is 1. The summed E-state index contributed by atoms with van der Waals surface area (Å²) in [4.78, 5) is 1.68. The van der Waals surface area contributed by atoms with Gasteiger partial charge in [0.05, 0.1) is 32.5 Å². The third-order valence-corrected chi connectivity index (χ3v) is 4.58. The predicted molar refractivity (Wildman–Crippen MR) is 99.8 cm³/mol. The Kier molecular flexibility index (Phi) is 6.42. The van der Waals surface area contributed by atoms with Crippen LogP contribution in [-0.4, -0.2) is 73.8 Å². The molecule has 1 saturated heterocycles. The Morgan fingerprint density at radius 2 is 1.96 bits per heavy atom. The molecule has 1 aromatic carbocycles. The molecule has 0 spiro atoms. The van der Waals surface area contributed by atoms with E-state index < -0.39 is 12.3 Å². The average Bonchev–Trinajstić information content (AvgIpc) is 2.94. The Morgan fingerprint density at radius 1 is 1.35 bits per heavy atom. The van der Waals surface area contributed by atoms with Crippen molar-refractivity contribution in [1.29, 1.82) is 5.41 Å². The van der Waals surface area contributed by atoms with Gasteiger partial charge in [0.1, 0.15) is 11.6 Å². The Morgan fingerprint density at radius 3 is 2.50 bits per heavy atom. The van der Waals surface area contributed by atoms with Crippen molar-refractivity contribution in [2.24, 2.45) is 0 Å². The van der Waals surface area contributed by atoms with Crippen LogP contribution in [0.1, 0.15) is 12.5 Å². The van der Waals surface area contributed by atoms with Gasteiger partial charge in [0.2, 0.25) is 0 Å². The lowest BCUT2D eigenvalue weighted by Crippen LogP contribution is -2.44. The van der Waals surface area contributed by atoms with Crippen molar-refractivity contribution in [3.05, 3.63) is 35.7 Å². The van der Waals surface area contributed by atoms with E-state index in [4.69, 9.17) is 15.9 Å². The van der Waals surface area contributed by atoms with Crippen LogP contribution in [0.2, 0.25) is 0 Å². The second-order valence-electron chi connectivity index (χ2n) is 6.35. The maximum atomic E-state index is 13.5. The van der Waals surface area contributed by atoms with E-state index in [0.29, 0.717) is 28.5 Å². The molecule has 2 rings (SSSR count). The molecule has 0 aliphatic carbocycles. The van der Waals surface area contributed by atoms with E-state index in [2.05, 4.69) is 0 Å². The molecule has 1 aliphatic heterocycles. The SMILES string of the molecule is C/C=C(/N1C[C@H](F)[C@@H](F)C1)N(C)N(C)CC(=N)c1cc(OC)ccc1N. The van der Waals surface area contributed by atoms with Gasteiger partial charge in [0, 0.05) is 25.3 Å². The number of methoxy groups -OCH3 is 1. The summed E-state index contributed by atoms with van der Waals surface area (Å²) in [5.41, 5.74) is 7.40. The Hall–Kier alpha value is -2.35. The number of nitrogens with one attached hydrogen (secondary N) is 1. The second kappa shape index (κ2) is 8.35. The number of hydrogen-bond donors (Lipinski definition) is 2. The van der Waals surface area contributed by atoms with E-state index >= 15 is 0 Å². The van der Waals surface area contributed by atoms with Crippen molar-refractivity contribution in [1.82, 2.24) is 14.9 Å². The fourth-order valence-electron chi connectivity index (χ4n) is 3.00. The summed E-state index contributed by atoms with van der Waals surface area (Å²) in [6.45, 7) is 2.15. The van der Waals surface area contributed by atoms with Crippen LogP contribution < -0.4 is 10.5 Å². The first-order valence-electron chi connectivity index (χ1n) is 8.44. The highest BCUT2D eigenvalue weighted by molar-refractivity contribution is 6.04. The number of hydrazine groups is 1. The number of rotatable bonds is 7. The molecule has 0 amide bonds. The van der Waals surface area contributed by atoms with Crippen molar-refractivity contribution in [3.8, 4) is 5.75 Å². The molecule has 26 heavy (non-hydrogen) atoms. The summed E-state index contributed by atoms with van der Waals surface area (Å²) in [6.07, 6.45) is -1.14. The van der Waals surface area contributed by atoms with E-state index in [0.717, 1.165) is 0 Å². The number of nitrogens with zero attached hydrogens (tertiary/aromatic N) is 3. The van der Waals surface area contributed by atoms with Crippen molar-refractivity contribution in [3.63, 3.8) is 0 Å². The van der Waals surface area contributed by atoms with E-state index in [1.807, 2.05) is 20.0 Å². The van der Waals surface area contributed by atoms with Crippen LogP contribution in [0.5, 0.6) is 5.75 Å². The molecule has 1 aromatic rings. The zero-order chi connectivity index (χ0) is 19.4. The van der Waals surface area contributed by atoms with Gasteiger partial charge < -0.3 is 20.8 Å². The summed E-state index contributed by atoms with van der Waals surface area (Å²) in [7, 11) is 5.17. The molecule has 1 heterocycles. The number of likely N-dealkylation sites (N-methyl/N-ethyl adjacent to an activating group) is 1. The van der Waals surface area contributed by atoms with Crippen molar-refractivity contribution in [2.75, 3.05) is 46.6 Å². The maximum Gasteiger partial charge on any atom is 0.150 e. The topological polar surface area (TPSA) is 68.8 Å². The van der Waals surface area contributed by atoms with Gasteiger partial charge in [-0.15, -0.1) is 0 Å². The molecule has 0 radical (unpaired) electrons. The van der Waals surface area contributed by atoms with Crippen LogP contribution in [0.25, 0.3) is 0 Å². The van der Waals surface area contributed by atoms with E-state index in [9.17, 15) is 8.78 Å². The molecule has 2 atom stereocenters. The van der Waals surface area contributed by atoms with Gasteiger partial charge in [0.25, 0.3) is 0 Å². The predicted octanol–water partition coefficient (Wildman–Crippen LogP) is 2.28. The molecule has 1 fully saturated rings. The van der Waals surface area contributed by atoms with Gasteiger partial charge in [-0.25, -0.2) is 13.8 Å². The molecular weight excluding hydrogens is 340 g/mol. The van der Waals surface area contributed by atoms with Gasteiger partial charge >= 0.3 is 0 Å². The highest BCUT2D eigenvalue weighted by atomic mass is 19.2. The molecule has 3 N–H and O–H groups in total. The molecule has 0 unspecified atom stereocenters. The van der Waals surface area contributed by atoms with Crippen molar-refractivity contribution < 1.29 is 13.5 Å². The van der Waals surface area contributed by atoms with Crippen molar-refractivity contribution >= 4 is 11.4 Å². The normalized spacial score (nSPS) is 20.6. The first-order chi connectivity index (χ1) is 12.3. The van der Waals surface area contributed by atoms with Gasteiger partial charge in [-0.1, -0.05) is 0 Å². The number of nitrogens with two attached hydrogens (primary N) is 1. The molecule has 8 heteroatoms. The number of alkyl halides is 2. The summed E-state index contributed by atoms with van der Waals surface area (Å²) < 4.78 is 32.3. The second-order valence-corrected chi connectivity index (χ2v) is 6.35. The third-order valence-electron chi connectivity index (χ3n) is 4.58. The van der Waals surface area contributed by atoms with Crippen LogP contribution in [0.4, 0.5) is 14.5 Å². The van der Waals surface area contributed by atoms with Gasteiger partial charge in [-0.2, -0.15) is 0 Å². The minimum Gasteiger partial charge on any atom is -0.497 e. The highest BCUT2D eigenvalue weighted by Gasteiger charge is 2.35. The highest BCUT2D eigenvalue weighted by Crippen LogP contribution is 2.24. The molecular formula is C18H27F2N5O. The lowest BCUT2D eigenvalue weighted by molar-refractivity contribution is 0.0459. The Labute approximate surface area is 153 Å². The summed E-state index contributed by atoms with van der Waals surface area (Å²) in [6, 6.07) is 5.18. The fourth-order valence-corrected chi connectivity index (χ4v) is 3.00. The summed E-state index contributed by atoms with van der Waals surface area (Å²) in [5, 5.41) is 12.0. The summed E-state index contributed by atoms with van der Waals surface area (Å²) >= 11 is 0. The smallest absolute Gasteiger partial charge is 0.150 e. The first-order valence-corrected chi connectivity index (χ1v) is 8.44. The van der Waals surface area contributed by atoms with Crippen LogP contribution in [0.3, 0.4) is 0 Å². The van der Waals surface area contributed by atoms with Gasteiger partial charge in [0.15, 0.2) is 12.3 Å². The number of ether oxygens (including phenoxy) is 1. The summed E-state index contributed by atoms with van der Waals surface area (Å²) in [5.74, 6) is 1.32. The zero-order valence-electron chi connectivity index (χ0n) is 15.7. The third kappa shape index (κ3) is 4.24. The van der Waals surface area contributed by atoms with Crippen LogP contribution in [-0.2, 0) is 0 Å². The standard InChI is InChI=1S/C18H27F2N5O/c1-5-18(25-9-14(19)15(20)10-25)24(3)23(2)11-17(22)13-8-12(26-4)6-7-16(13)21/h5-8,14-15,22H,9-11,21H2,1-4H3/b18-5+,22-17?/t14-,15-/m0/s1. The van der Waals surface area contributed by atoms with Crippen LogP contribution in [0.15, 0.2) is 30.1 Å². The molecule has 144 valence electrons. The van der Waals surface area contributed by atoms with E-state index in [1.54, 1.807) is 47.3 Å². The monoisotopic (exact) mass is 367 g/mol. The number of anilines is 1. The van der Waals surface area contributed by atoms with Gasteiger partial charge in [-0.3, -0.25) is 5.01 Å². The molecule has 0 bridgehead atoms. The number of benzene rings is 1. The number of hydrogen-bond acceptors (Lipinski definition) is 6. The minimum atomic E-state index is -1.47. The molecule has 6 nitrogen and oxygen atoms in total. The van der Waals surface area contributed by atoms with E-state index in [1.165, 1.54) is 0 Å². The van der Waals surface area contributed by atoms with Crippen LogP contribution >= 0.6 is 0 Å². The quantitative estimate of drug-likeness (QED) is 0.440. The minimum absolute atomic E-state index is 0.0271. The number of nitrogen functional groups attached to an aromatic ring is 1. The lowest BCUT2D eigenvalue weighted by Gasteiger charge is -2.36. The Balaban J connectivity index is 2.08. The maximum absolute atomic E-state index is 13.5. The lowest BCUT2D eigenvalue weighted by atomic mass is 10.1. The number of halogens is 2. The average molecular weight is 367 g/mol. The van der Waals surface area contributed by atoms with E-state index in [-0.39, 0.29) is 19.6 Å². The molecule has 0 aromatic heterocycles. The number of allylic oxidation sites excluding steroid dienone is 1. The zero-order valence-corrected chi connectivity index (χ0v) is 15.7. The Bertz CT molecular complexity index is 672.